The van der Waals surface area contributed by atoms with E-state index in [1.807, 2.05) is 11.1 Å². The smallest absolute Gasteiger partial charge is 0.138 e. The molecule has 0 spiro atoms. The van der Waals surface area contributed by atoms with E-state index in [0.717, 1.165) is 24.7 Å². The molecule has 2 fully saturated rings. The average Bonchev–Trinajstić information content (AvgIpc) is 3.04. The molecule has 0 amide bonds. The second kappa shape index (κ2) is 8.13. The van der Waals surface area contributed by atoms with E-state index in [9.17, 15) is 4.79 Å². The van der Waals surface area contributed by atoms with Crippen molar-refractivity contribution in [2.75, 3.05) is 0 Å². The number of allylic oxidation sites excluding steroid dienone is 4. The van der Waals surface area contributed by atoms with Gasteiger partial charge in [0.1, 0.15) is 5.78 Å². The molecule has 4 aliphatic rings. The third-order valence-electron chi connectivity index (χ3n) is 11.7. The van der Waals surface area contributed by atoms with Crippen LogP contribution in [-0.4, -0.2) is 5.78 Å². The summed E-state index contributed by atoms with van der Waals surface area (Å²) in [6, 6.07) is 0. The number of ketones is 1. The molecular weight excluding hydrogens is 388 g/mol. The second-order valence-corrected chi connectivity index (χ2v) is 13.4. The Kier molecular flexibility index (Phi) is 6.17. The van der Waals surface area contributed by atoms with Gasteiger partial charge in [-0.25, -0.2) is 0 Å². The molecule has 0 aliphatic heterocycles. The zero-order valence-electron chi connectivity index (χ0n) is 22.5. The van der Waals surface area contributed by atoms with E-state index >= 15 is 0 Å². The maximum atomic E-state index is 12.9. The molecule has 6 atom stereocenters. The van der Waals surface area contributed by atoms with Crippen molar-refractivity contribution in [3.63, 3.8) is 0 Å². The molecule has 1 heteroatoms. The van der Waals surface area contributed by atoms with Crippen LogP contribution in [0.5, 0.6) is 0 Å². The van der Waals surface area contributed by atoms with Crippen molar-refractivity contribution < 1.29 is 4.79 Å². The summed E-state index contributed by atoms with van der Waals surface area (Å²) in [7, 11) is 0. The molecule has 2 saturated carbocycles. The van der Waals surface area contributed by atoms with E-state index in [4.69, 9.17) is 0 Å². The molecule has 4 aliphatic carbocycles. The molecule has 0 saturated heterocycles. The van der Waals surface area contributed by atoms with Gasteiger partial charge in [-0.1, -0.05) is 64.3 Å². The van der Waals surface area contributed by atoms with Gasteiger partial charge in [-0.15, -0.1) is 0 Å². The Morgan fingerprint density at radius 3 is 2.38 bits per heavy atom. The summed E-state index contributed by atoms with van der Waals surface area (Å²) in [5.74, 6) is 2.72. The Morgan fingerprint density at radius 2 is 1.72 bits per heavy atom. The van der Waals surface area contributed by atoms with Gasteiger partial charge in [-0.3, -0.25) is 4.79 Å². The normalized spacial score (nSPS) is 41.6. The second-order valence-electron chi connectivity index (χ2n) is 13.4. The van der Waals surface area contributed by atoms with Gasteiger partial charge in [0.2, 0.25) is 0 Å². The van der Waals surface area contributed by atoms with Gasteiger partial charge >= 0.3 is 0 Å². The Hall–Kier alpha value is -0.850. The molecule has 0 heterocycles. The zero-order chi connectivity index (χ0) is 23.5. The average molecular weight is 439 g/mol. The van der Waals surface area contributed by atoms with E-state index in [0.29, 0.717) is 22.5 Å². The van der Waals surface area contributed by atoms with Crippen molar-refractivity contribution in [3.05, 3.63) is 22.8 Å². The Balaban J connectivity index is 1.69. The molecule has 180 valence electrons. The predicted octanol–water partition coefficient (Wildman–Crippen LogP) is 9.08. The number of carbonyl (C=O) groups excluding carboxylic acids is 1. The minimum atomic E-state index is -0.149. The van der Waals surface area contributed by atoms with Crippen LogP contribution in [0.2, 0.25) is 0 Å². The van der Waals surface area contributed by atoms with Crippen molar-refractivity contribution in [1.82, 2.24) is 0 Å². The van der Waals surface area contributed by atoms with Crippen molar-refractivity contribution in [3.8, 4) is 0 Å². The van der Waals surface area contributed by atoms with Gasteiger partial charge in [0.05, 0.1) is 0 Å². The maximum Gasteiger partial charge on any atom is 0.138 e. The lowest BCUT2D eigenvalue weighted by Crippen LogP contribution is -2.54. The monoisotopic (exact) mass is 438 g/mol. The molecule has 32 heavy (non-hydrogen) atoms. The predicted molar refractivity (Wildman–Crippen MR) is 136 cm³/mol. The first kappa shape index (κ1) is 24.3. The van der Waals surface area contributed by atoms with E-state index in [-0.39, 0.29) is 10.8 Å². The molecule has 0 radical (unpaired) electrons. The van der Waals surface area contributed by atoms with Gasteiger partial charge in [0.25, 0.3) is 0 Å². The number of rotatable bonds is 5. The van der Waals surface area contributed by atoms with E-state index in [2.05, 4.69) is 61.5 Å². The minimum Gasteiger partial charge on any atom is -0.299 e. The van der Waals surface area contributed by atoms with Gasteiger partial charge in [0, 0.05) is 11.8 Å². The highest BCUT2D eigenvalue weighted by Crippen LogP contribution is 2.73. The zero-order valence-corrected chi connectivity index (χ0v) is 22.5. The standard InChI is InChI=1S/C31H50O/c1-9-31-20-16-23(22(4)12-10-11-21(2)3)30(31,8)19-15-24-25(31)13-14-26-28(5,6)27(32)17-18-29(24,26)7/h11,22-23,26H,9-10,12-20H2,1-8H3/t22?,23?,26-,29+,30+,31-/m0/s1. The largest absolute Gasteiger partial charge is 0.299 e. The summed E-state index contributed by atoms with van der Waals surface area (Å²) >= 11 is 0. The van der Waals surface area contributed by atoms with Crippen LogP contribution >= 0.6 is 0 Å². The fourth-order valence-electron chi connectivity index (χ4n) is 9.86. The summed E-state index contributed by atoms with van der Waals surface area (Å²) in [6.45, 7) is 19.3. The lowest BCUT2D eigenvalue weighted by atomic mass is 9.43. The molecule has 0 aromatic rings. The van der Waals surface area contributed by atoms with E-state index in [1.54, 1.807) is 0 Å². The first-order valence-corrected chi connectivity index (χ1v) is 13.8. The molecule has 0 bridgehead atoms. The molecule has 1 nitrogen and oxygen atoms in total. The van der Waals surface area contributed by atoms with Crippen molar-refractivity contribution in [2.45, 2.75) is 126 Å². The molecule has 0 aromatic carbocycles. The number of carbonyl (C=O) groups is 1. The maximum absolute atomic E-state index is 12.9. The quantitative estimate of drug-likeness (QED) is 0.391. The van der Waals surface area contributed by atoms with Crippen LogP contribution in [-0.2, 0) is 4.79 Å². The van der Waals surface area contributed by atoms with E-state index < -0.39 is 0 Å². The topological polar surface area (TPSA) is 17.1 Å². The summed E-state index contributed by atoms with van der Waals surface area (Å²) in [5.41, 5.74) is 6.14. The fraction of sp³-hybridized carbons (Fsp3) is 0.839. The SMILES string of the molecule is CC[C@@]12CCC(C(C)CCC=C(C)C)[C@@]1(C)CCC1=C2CC[C@H]2C(C)(C)C(=O)CC[C@]12C. The molecule has 0 N–H and O–H groups in total. The Morgan fingerprint density at radius 1 is 1.00 bits per heavy atom. The first-order valence-electron chi connectivity index (χ1n) is 13.8. The number of hydrogen-bond donors (Lipinski definition) is 0. The lowest BCUT2D eigenvalue weighted by Gasteiger charge is -2.61. The van der Waals surface area contributed by atoms with Gasteiger partial charge in [-0.05, 0) is 112 Å². The summed E-state index contributed by atoms with van der Waals surface area (Å²) in [5, 5.41) is 0. The summed E-state index contributed by atoms with van der Waals surface area (Å²) < 4.78 is 0. The van der Waals surface area contributed by atoms with E-state index in [1.165, 1.54) is 63.4 Å². The van der Waals surface area contributed by atoms with Crippen molar-refractivity contribution in [2.24, 2.45) is 39.4 Å². The van der Waals surface area contributed by atoms with Gasteiger partial charge < -0.3 is 0 Å². The lowest BCUT2D eigenvalue weighted by molar-refractivity contribution is -0.139. The van der Waals surface area contributed by atoms with Crippen LogP contribution in [0.15, 0.2) is 22.8 Å². The van der Waals surface area contributed by atoms with Crippen LogP contribution in [0.1, 0.15) is 126 Å². The Bertz CT molecular complexity index is 823. The third-order valence-corrected chi connectivity index (χ3v) is 11.7. The number of fused-ring (bicyclic) bond motifs is 4. The number of hydrogen-bond acceptors (Lipinski definition) is 1. The van der Waals surface area contributed by atoms with Crippen molar-refractivity contribution in [1.29, 1.82) is 0 Å². The summed E-state index contributed by atoms with van der Waals surface area (Å²) in [4.78, 5) is 12.9. The van der Waals surface area contributed by atoms with Crippen molar-refractivity contribution >= 4 is 5.78 Å². The molecule has 0 aromatic heterocycles. The van der Waals surface area contributed by atoms with Gasteiger partial charge in [0.15, 0.2) is 0 Å². The van der Waals surface area contributed by atoms with Crippen LogP contribution in [0, 0.1) is 39.4 Å². The Labute approximate surface area is 198 Å². The minimum absolute atomic E-state index is 0.149. The van der Waals surface area contributed by atoms with Gasteiger partial charge in [-0.2, -0.15) is 0 Å². The highest BCUT2D eigenvalue weighted by atomic mass is 16.1. The highest BCUT2D eigenvalue weighted by molar-refractivity contribution is 5.85. The highest BCUT2D eigenvalue weighted by Gasteiger charge is 2.64. The third kappa shape index (κ3) is 3.26. The van der Waals surface area contributed by atoms with Crippen LogP contribution in [0.4, 0.5) is 0 Å². The van der Waals surface area contributed by atoms with Crippen LogP contribution in [0.25, 0.3) is 0 Å². The summed E-state index contributed by atoms with van der Waals surface area (Å²) in [6.07, 6.45) is 16.2. The fourth-order valence-corrected chi connectivity index (χ4v) is 9.86. The van der Waals surface area contributed by atoms with Crippen LogP contribution < -0.4 is 0 Å². The first-order chi connectivity index (χ1) is 14.9. The van der Waals surface area contributed by atoms with Crippen LogP contribution in [0.3, 0.4) is 0 Å². The number of Topliss-reactive ketones (excluding diaryl/α,β-unsaturated/α-hetero) is 1. The molecule has 4 rings (SSSR count). The molecular formula is C31H50O. The molecule has 2 unspecified atom stereocenters.